The van der Waals surface area contributed by atoms with Crippen LogP contribution >= 0.6 is 0 Å². The van der Waals surface area contributed by atoms with E-state index in [2.05, 4.69) is 141 Å². The molecule has 0 unspecified atom stereocenters. The van der Waals surface area contributed by atoms with E-state index in [1.165, 1.54) is 0 Å². The van der Waals surface area contributed by atoms with Gasteiger partial charge in [-0.3, -0.25) is 0 Å². The molecular formula is C47H68O8Si2. The number of rotatable bonds is 24. The summed E-state index contributed by atoms with van der Waals surface area (Å²) in [6.07, 6.45) is 0. The maximum absolute atomic E-state index is 6.77. The fourth-order valence-electron chi connectivity index (χ4n) is 5.64. The van der Waals surface area contributed by atoms with E-state index in [4.69, 9.17) is 37.3 Å². The van der Waals surface area contributed by atoms with Crippen LogP contribution in [0.15, 0.2) is 109 Å². The number of hydrogen-bond acceptors (Lipinski definition) is 8. The van der Waals surface area contributed by atoms with Gasteiger partial charge in [-0.05, 0) is 53.0 Å². The first kappa shape index (κ1) is 46.2. The average Bonchev–Trinajstić information content (AvgIpc) is 3.16. The molecule has 0 aliphatic heterocycles. The Labute approximate surface area is 345 Å². The molecule has 0 saturated heterocycles. The molecule has 0 fully saturated rings. The predicted octanol–water partition coefficient (Wildman–Crippen LogP) is 10.9. The molecule has 312 valence electrons. The van der Waals surface area contributed by atoms with Crippen molar-refractivity contribution in [3.63, 3.8) is 0 Å². The highest BCUT2D eigenvalue weighted by Crippen LogP contribution is 2.43. The second kappa shape index (κ2) is 21.5. The maximum atomic E-state index is 6.77. The predicted molar refractivity (Wildman–Crippen MR) is 236 cm³/mol. The molecule has 0 radical (unpaired) electrons. The van der Waals surface area contributed by atoms with Gasteiger partial charge in [-0.25, -0.2) is 0 Å². The third-order valence-electron chi connectivity index (χ3n) is 10.9. The molecule has 4 aromatic rings. The van der Waals surface area contributed by atoms with Gasteiger partial charge in [0.15, 0.2) is 0 Å². The van der Waals surface area contributed by atoms with Crippen LogP contribution in [0, 0.1) is 0 Å². The zero-order chi connectivity index (χ0) is 41.4. The molecule has 0 aromatic heterocycles. The van der Waals surface area contributed by atoms with E-state index in [1.807, 2.05) is 36.4 Å². The van der Waals surface area contributed by atoms with Gasteiger partial charge in [0, 0.05) is 18.2 Å². The molecule has 8 nitrogen and oxygen atoms in total. The van der Waals surface area contributed by atoms with Gasteiger partial charge in [0.05, 0.1) is 59.5 Å². The van der Waals surface area contributed by atoms with Gasteiger partial charge < -0.3 is 37.3 Å². The third-order valence-corrected chi connectivity index (χ3v) is 19.6. The van der Waals surface area contributed by atoms with Crippen LogP contribution in [0.25, 0.3) is 0 Å². The molecule has 0 atom stereocenters. The van der Waals surface area contributed by atoms with Gasteiger partial charge in [0.2, 0.25) is 16.6 Å². The summed E-state index contributed by atoms with van der Waals surface area (Å²) >= 11 is 0. The molecule has 4 rings (SSSR count). The van der Waals surface area contributed by atoms with Crippen LogP contribution in [0.4, 0.5) is 0 Å². The number of hydrogen-bond donors (Lipinski definition) is 0. The van der Waals surface area contributed by atoms with Crippen LogP contribution < -0.4 is 13.6 Å². The Balaban J connectivity index is 1.12. The second-order valence-corrected chi connectivity index (χ2v) is 26.7. The van der Waals surface area contributed by atoms with Gasteiger partial charge >= 0.3 is 0 Å². The van der Waals surface area contributed by atoms with Gasteiger partial charge in [0.1, 0.15) is 29.5 Å². The van der Waals surface area contributed by atoms with E-state index in [0.717, 1.165) is 28.2 Å². The van der Waals surface area contributed by atoms with E-state index < -0.39 is 22.2 Å². The molecule has 0 spiro atoms. The summed E-state index contributed by atoms with van der Waals surface area (Å²) in [6, 6.07) is 37.0. The highest BCUT2D eigenvalue weighted by Gasteiger charge is 2.41. The number of benzene rings is 4. The fraction of sp³-hybridized carbons (Fsp3) is 0.489. The first-order valence-electron chi connectivity index (χ1n) is 20.3. The summed E-state index contributed by atoms with van der Waals surface area (Å²) in [5.41, 5.74) is 2.45. The van der Waals surface area contributed by atoms with Gasteiger partial charge in [0.25, 0.3) is 0 Å². The summed E-state index contributed by atoms with van der Waals surface area (Å²) < 4.78 is 49.3. The topological polar surface area (TPSA) is 73.8 Å². The molecular weight excluding hydrogens is 749 g/mol. The minimum atomic E-state index is -2.06. The second-order valence-electron chi connectivity index (χ2n) is 17.3. The maximum Gasteiger partial charge on any atom is 0.250 e. The van der Waals surface area contributed by atoms with Crippen molar-refractivity contribution in [1.29, 1.82) is 0 Å². The Morgan fingerprint density at radius 3 is 1.02 bits per heavy atom. The quantitative estimate of drug-likeness (QED) is 0.0393. The largest absolute Gasteiger partial charge is 0.543 e. The van der Waals surface area contributed by atoms with E-state index in [0.29, 0.717) is 71.8 Å². The van der Waals surface area contributed by atoms with Gasteiger partial charge in [-0.2, -0.15) is 0 Å². The zero-order valence-corrected chi connectivity index (χ0v) is 38.2. The monoisotopic (exact) mass is 816 g/mol. The van der Waals surface area contributed by atoms with Crippen molar-refractivity contribution in [1.82, 2.24) is 0 Å². The van der Waals surface area contributed by atoms with Crippen LogP contribution in [-0.4, -0.2) is 82.7 Å². The lowest BCUT2D eigenvalue weighted by Crippen LogP contribution is -2.44. The van der Waals surface area contributed by atoms with Crippen LogP contribution in [0.2, 0.25) is 36.3 Å². The fourth-order valence-corrected chi connectivity index (χ4v) is 7.67. The standard InChI is InChI=1S/C47H68O8Si2/c1-45(2,3)56(7,8)54-43-36-42(37-44(38-43)55-57(9,10)46(4,5)6)52-34-32-50-30-28-48-26-27-49-29-31-51-33-35-53-47(39-20-14-11-15-21-39,40-22-16-12-17-23-40)41-24-18-13-19-25-41/h11-25,36-38H,26-35H2,1-10H3. The van der Waals surface area contributed by atoms with Crippen LogP contribution in [0.5, 0.6) is 17.2 Å². The SMILES string of the molecule is CC(C)(C)[Si](C)(C)Oc1cc(OCCOCCOCCOCCOCCOC(c2ccccc2)(c2ccccc2)c2ccccc2)cc(O[Si](C)(C)C(C)(C)C)c1. The van der Waals surface area contributed by atoms with Crippen molar-refractivity contribution in [2.75, 3.05) is 66.1 Å². The molecule has 10 heteroatoms. The average molecular weight is 817 g/mol. The normalized spacial score (nSPS) is 12.7. The summed E-state index contributed by atoms with van der Waals surface area (Å²) in [6.45, 7) is 27.0. The molecule has 0 saturated carbocycles. The van der Waals surface area contributed by atoms with E-state index in [-0.39, 0.29) is 10.1 Å². The smallest absolute Gasteiger partial charge is 0.250 e. The highest BCUT2D eigenvalue weighted by atomic mass is 28.4. The molecule has 0 heterocycles. The Morgan fingerprint density at radius 2 is 0.684 bits per heavy atom. The molecule has 0 aliphatic rings. The van der Waals surface area contributed by atoms with E-state index in [9.17, 15) is 0 Å². The first-order valence-corrected chi connectivity index (χ1v) is 26.1. The van der Waals surface area contributed by atoms with Crippen LogP contribution in [0.3, 0.4) is 0 Å². The minimum absolute atomic E-state index is 0.0704. The van der Waals surface area contributed by atoms with Crippen molar-refractivity contribution in [2.45, 2.75) is 83.4 Å². The van der Waals surface area contributed by atoms with Crippen molar-refractivity contribution >= 4 is 16.6 Å². The molecule has 4 aromatic carbocycles. The summed E-state index contributed by atoms with van der Waals surface area (Å²) in [5.74, 6) is 2.29. The third kappa shape index (κ3) is 13.8. The van der Waals surface area contributed by atoms with Crippen LogP contribution in [0.1, 0.15) is 58.2 Å². The molecule has 0 amide bonds. The Kier molecular flexibility index (Phi) is 17.4. The van der Waals surface area contributed by atoms with Crippen LogP contribution in [-0.2, 0) is 29.3 Å². The zero-order valence-electron chi connectivity index (χ0n) is 36.2. The summed E-state index contributed by atoms with van der Waals surface area (Å²) in [5, 5.41) is 0.141. The summed E-state index contributed by atoms with van der Waals surface area (Å²) in [4.78, 5) is 0. The molecule has 0 aliphatic carbocycles. The van der Waals surface area contributed by atoms with Gasteiger partial charge in [-0.15, -0.1) is 0 Å². The molecule has 0 bridgehead atoms. The molecule has 0 N–H and O–H groups in total. The van der Waals surface area contributed by atoms with Crippen molar-refractivity contribution in [2.24, 2.45) is 0 Å². The minimum Gasteiger partial charge on any atom is -0.543 e. The lowest BCUT2D eigenvalue weighted by atomic mass is 9.80. The van der Waals surface area contributed by atoms with Gasteiger partial charge in [-0.1, -0.05) is 133 Å². The Morgan fingerprint density at radius 1 is 0.386 bits per heavy atom. The van der Waals surface area contributed by atoms with Crippen molar-refractivity contribution < 1.29 is 37.3 Å². The Hall–Kier alpha value is -3.49. The van der Waals surface area contributed by atoms with E-state index in [1.54, 1.807) is 0 Å². The lowest BCUT2D eigenvalue weighted by molar-refractivity contribution is -0.0386. The first-order chi connectivity index (χ1) is 27.1. The van der Waals surface area contributed by atoms with Crippen molar-refractivity contribution in [3.05, 3.63) is 126 Å². The van der Waals surface area contributed by atoms with E-state index >= 15 is 0 Å². The summed E-state index contributed by atoms with van der Waals surface area (Å²) in [7, 11) is -4.11. The number of ether oxygens (including phenoxy) is 6. The highest BCUT2D eigenvalue weighted by molar-refractivity contribution is 6.75. The van der Waals surface area contributed by atoms with Crippen molar-refractivity contribution in [3.8, 4) is 17.2 Å². The molecule has 57 heavy (non-hydrogen) atoms. The Bertz CT molecular complexity index is 1580. The lowest BCUT2D eigenvalue weighted by Gasteiger charge is -2.38.